The van der Waals surface area contributed by atoms with Crippen molar-refractivity contribution in [3.63, 3.8) is 0 Å². The number of aryl methyl sites for hydroxylation is 1. The van der Waals surface area contributed by atoms with E-state index < -0.39 is 0 Å². The molecule has 0 bridgehead atoms. The molecule has 0 aliphatic heterocycles. The number of rotatable bonds is 2. The van der Waals surface area contributed by atoms with E-state index in [1.807, 2.05) is 18.2 Å². The standard InChI is InChI=1S/C11H9BrClN3O/c1-16-10(8(13)6-14-16)11(17)15-9-5-3-2-4-7(9)12/h2-6H,1H3,(H,15,17). The van der Waals surface area contributed by atoms with E-state index >= 15 is 0 Å². The van der Waals surface area contributed by atoms with E-state index in [1.54, 1.807) is 13.1 Å². The predicted octanol–water partition coefficient (Wildman–Crippen LogP) is 3.09. The van der Waals surface area contributed by atoms with Gasteiger partial charge < -0.3 is 5.32 Å². The smallest absolute Gasteiger partial charge is 0.275 e. The van der Waals surface area contributed by atoms with Gasteiger partial charge in [-0.25, -0.2) is 0 Å². The molecule has 0 aliphatic rings. The van der Waals surface area contributed by atoms with Crippen molar-refractivity contribution in [2.45, 2.75) is 0 Å². The minimum absolute atomic E-state index is 0.290. The predicted molar refractivity (Wildman–Crippen MR) is 70.3 cm³/mol. The van der Waals surface area contributed by atoms with Crippen molar-refractivity contribution in [1.29, 1.82) is 0 Å². The molecule has 88 valence electrons. The largest absolute Gasteiger partial charge is 0.320 e. The van der Waals surface area contributed by atoms with Gasteiger partial charge in [0.2, 0.25) is 0 Å². The number of hydrogen-bond acceptors (Lipinski definition) is 2. The van der Waals surface area contributed by atoms with Crippen LogP contribution >= 0.6 is 27.5 Å². The first kappa shape index (κ1) is 12.1. The number of hydrogen-bond donors (Lipinski definition) is 1. The lowest BCUT2D eigenvalue weighted by Gasteiger charge is -2.07. The molecule has 0 fully saturated rings. The van der Waals surface area contributed by atoms with E-state index in [4.69, 9.17) is 11.6 Å². The Morgan fingerprint density at radius 2 is 2.18 bits per heavy atom. The molecule has 1 aromatic carbocycles. The summed E-state index contributed by atoms with van der Waals surface area (Å²) in [5.74, 6) is -0.290. The third kappa shape index (κ3) is 2.50. The molecule has 0 saturated heterocycles. The van der Waals surface area contributed by atoms with Crippen LogP contribution in [0.3, 0.4) is 0 Å². The molecule has 17 heavy (non-hydrogen) atoms. The highest BCUT2D eigenvalue weighted by Crippen LogP contribution is 2.23. The van der Waals surface area contributed by atoms with E-state index in [-0.39, 0.29) is 5.91 Å². The molecule has 6 heteroatoms. The summed E-state index contributed by atoms with van der Waals surface area (Å²) in [4.78, 5) is 12.0. The van der Waals surface area contributed by atoms with Crippen LogP contribution in [0.1, 0.15) is 10.5 Å². The molecule has 0 aliphatic carbocycles. The van der Waals surface area contributed by atoms with Gasteiger partial charge in [-0.2, -0.15) is 5.10 Å². The van der Waals surface area contributed by atoms with E-state index in [0.717, 1.165) is 4.47 Å². The Bertz CT molecular complexity index is 548. The molecule has 0 saturated carbocycles. The van der Waals surface area contributed by atoms with Gasteiger partial charge in [0, 0.05) is 11.5 Å². The number of anilines is 1. The van der Waals surface area contributed by atoms with Crippen LogP contribution in [0.15, 0.2) is 34.9 Å². The summed E-state index contributed by atoms with van der Waals surface area (Å²) < 4.78 is 2.25. The molecule has 1 amide bonds. The van der Waals surface area contributed by atoms with Crippen molar-refractivity contribution in [2.75, 3.05) is 5.32 Å². The van der Waals surface area contributed by atoms with Crippen LogP contribution in [0.2, 0.25) is 5.02 Å². The number of carbonyl (C=O) groups is 1. The Kier molecular flexibility index (Phi) is 3.49. The van der Waals surface area contributed by atoms with E-state index in [1.165, 1.54) is 10.9 Å². The van der Waals surface area contributed by atoms with Gasteiger partial charge in [0.05, 0.1) is 16.9 Å². The van der Waals surface area contributed by atoms with Crippen molar-refractivity contribution >= 4 is 39.1 Å². The summed E-state index contributed by atoms with van der Waals surface area (Å²) in [6.07, 6.45) is 1.44. The monoisotopic (exact) mass is 313 g/mol. The number of carbonyl (C=O) groups excluding carboxylic acids is 1. The van der Waals surface area contributed by atoms with Crippen LogP contribution in [0.25, 0.3) is 0 Å². The molecule has 2 aromatic rings. The van der Waals surface area contributed by atoms with E-state index in [9.17, 15) is 4.79 Å². The summed E-state index contributed by atoms with van der Waals surface area (Å²) >= 11 is 9.25. The molecule has 0 atom stereocenters. The zero-order chi connectivity index (χ0) is 12.4. The van der Waals surface area contributed by atoms with Gasteiger partial charge in [-0.1, -0.05) is 23.7 Å². The summed E-state index contributed by atoms with van der Waals surface area (Å²) in [6.45, 7) is 0. The molecule has 0 radical (unpaired) electrons. The number of benzene rings is 1. The SMILES string of the molecule is Cn1ncc(Cl)c1C(=O)Nc1ccccc1Br. The minimum Gasteiger partial charge on any atom is -0.320 e. The Hall–Kier alpha value is -1.33. The van der Waals surface area contributed by atoms with Crippen LogP contribution in [-0.4, -0.2) is 15.7 Å². The third-order valence-corrected chi connectivity index (χ3v) is 3.20. The van der Waals surface area contributed by atoms with Gasteiger partial charge in [0.1, 0.15) is 5.69 Å². The topological polar surface area (TPSA) is 46.9 Å². The zero-order valence-electron chi connectivity index (χ0n) is 8.95. The number of para-hydroxylation sites is 1. The van der Waals surface area contributed by atoms with Crippen LogP contribution in [0.5, 0.6) is 0 Å². The lowest BCUT2D eigenvalue weighted by molar-refractivity contribution is 0.101. The summed E-state index contributed by atoms with van der Waals surface area (Å²) in [5, 5.41) is 7.01. The minimum atomic E-state index is -0.290. The average Bonchev–Trinajstić information content (AvgIpc) is 2.62. The van der Waals surface area contributed by atoms with E-state index in [2.05, 4.69) is 26.3 Å². The fourth-order valence-electron chi connectivity index (χ4n) is 1.41. The second-order valence-corrected chi connectivity index (χ2v) is 4.66. The molecule has 1 N–H and O–H groups in total. The fourth-order valence-corrected chi connectivity index (χ4v) is 2.05. The van der Waals surface area contributed by atoms with Gasteiger partial charge in [-0.3, -0.25) is 9.48 Å². The van der Waals surface area contributed by atoms with Crippen LogP contribution in [0, 0.1) is 0 Å². The molecule has 4 nitrogen and oxygen atoms in total. The lowest BCUT2D eigenvalue weighted by atomic mass is 10.3. The Morgan fingerprint density at radius 3 is 2.76 bits per heavy atom. The maximum atomic E-state index is 12.0. The van der Waals surface area contributed by atoms with Gasteiger partial charge in [0.15, 0.2) is 0 Å². The first-order chi connectivity index (χ1) is 8.09. The Balaban J connectivity index is 2.27. The molecular weight excluding hydrogens is 305 g/mol. The normalized spacial score (nSPS) is 10.3. The molecule has 0 spiro atoms. The quantitative estimate of drug-likeness (QED) is 0.926. The number of nitrogens with zero attached hydrogens (tertiary/aromatic N) is 2. The fraction of sp³-hybridized carbons (Fsp3) is 0.0909. The molecule has 1 aromatic heterocycles. The molecule has 2 rings (SSSR count). The molecular formula is C11H9BrClN3O. The Labute approximate surface area is 112 Å². The highest BCUT2D eigenvalue weighted by atomic mass is 79.9. The second-order valence-electron chi connectivity index (χ2n) is 3.40. The third-order valence-electron chi connectivity index (χ3n) is 2.23. The summed E-state index contributed by atoms with van der Waals surface area (Å²) in [5.41, 5.74) is 1.03. The van der Waals surface area contributed by atoms with Crippen LogP contribution < -0.4 is 5.32 Å². The van der Waals surface area contributed by atoms with Crippen molar-refractivity contribution in [1.82, 2.24) is 9.78 Å². The summed E-state index contributed by atoms with van der Waals surface area (Å²) in [6, 6.07) is 7.36. The van der Waals surface area contributed by atoms with Crippen LogP contribution in [-0.2, 0) is 7.05 Å². The van der Waals surface area contributed by atoms with Gasteiger partial charge in [0.25, 0.3) is 5.91 Å². The first-order valence-corrected chi connectivity index (χ1v) is 6.00. The maximum absolute atomic E-state index is 12.0. The first-order valence-electron chi connectivity index (χ1n) is 4.83. The van der Waals surface area contributed by atoms with Crippen molar-refractivity contribution in [3.8, 4) is 0 Å². The number of aromatic nitrogens is 2. The lowest BCUT2D eigenvalue weighted by Crippen LogP contribution is -2.16. The molecule has 0 unspecified atom stereocenters. The highest BCUT2D eigenvalue weighted by molar-refractivity contribution is 9.10. The summed E-state index contributed by atoms with van der Waals surface area (Å²) in [7, 11) is 1.67. The van der Waals surface area contributed by atoms with Crippen LogP contribution in [0.4, 0.5) is 5.69 Å². The zero-order valence-corrected chi connectivity index (χ0v) is 11.3. The van der Waals surface area contributed by atoms with Gasteiger partial charge >= 0.3 is 0 Å². The average molecular weight is 315 g/mol. The van der Waals surface area contributed by atoms with Crippen molar-refractivity contribution < 1.29 is 4.79 Å². The molecule has 1 heterocycles. The van der Waals surface area contributed by atoms with Crippen molar-refractivity contribution in [3.05, 3.63) is 45.7 Å². The number of nitrogens with one attached hydrogen (secondary N) is 1. The number of amides is 1. The second kappa shape index (κ2) is 4.89. The maximum Gasteiger partial charge on any atom is 0.275 e. The van der Waals surface area contributed by atoms with Crippen molar-refractivity contribution in [2.24, 2.45) is 7.05 Å². The van der Waals surface area contributed by atoms with Gasteiger partial charge in [-0.15, -0.1) is 0 Å². The van der Waals surface area contributed by atoms with Gasteiger partial charge in [-0.05, 0) is 28.1 Å². The highest BCUT2D eigenvalue weighted by Gasteiger charge is 2.16. The van der Waals surface area contributed by atoms with E-state index in [0.29, 0.717) is 16.4 Å². The number of halogens is 2. The Morgan fingerprint density at radius 1 is 1.47 bits per heavy atom.